The minimum atomic E-state index is -4.00. The van der Waals surface area contributed by atoms with Crippen molar-refractivity contribution >= 4 is 16.2 Å². The Labute approximate surface area is 104 Å². The second-order valence-corrected chi connectivity index (χ2v) is 6.21. The van der Waals surface area contributed by atoms with Crippen molar-refractivity contribution in [3.05, 3.63) is 41.3 Å². The van der Waals surface area contributed by atoms with Gasteiger partial charge in [-0.2, -0.15) is 8.42 Å². The normalized spacial score (nSPS) is 12.1. The van der Waals surface area contributed by atoms with Crippen LogP contribution in [-0.2, 0) is 10.1 Å². The van der Waals surface area contributed by atoms with E-state index in [2.05, 4.69) is 28.2 Å². The summed E-state index contributed by atoms with van der Waals surface area (Å²) in [6.45, 7) is 0. The third kappa shape index (κ3) is 14.8. The molecule has 1 N–H and O–H groups in total. The molecule has 4 nitrogen and oxygen atoms in total. The summed E-state index contributed by atoms with van der Waals surface area (Å²) in [5.74, 6) is 0. The largest absolute Gasteiger partial charge is 0.333 e. The van der Waals surface area contributed by atoms with E-state index < -0.39 is 10.1 Å². The van der Waals surface area contributed by atoms with Crippen LogP contribution < -0.4 is 0 Å². The Hall–Kier alpha value is -1.17. The van der Waals surface area contributed by atoms with Crippen molar-refractivity contribution in [3.63, 3.8) is 0 Å². The highest BCUT2D eigenvalue weighted by Crippen LogP contribution is 2.01. The Morgan fingerprint density at radius 1 is 1.06 bits per heavy atom. The maximum Gasteiger partial charge on any atom is 0.287 e. The third-order valence-corrected chi connectivity index (χ3v) is 1.71. The van der Waals surface area contributed by atoms with E-state index >= 15 is 0 Å². The maximum absolute atomic E-state index is 10.3. The van der Waals surface area contributed by atoms with Crippen molar-refractivity contribution < 1.29 is 17.5 Å². The Balaban J connectivity index is 0.000000437. The molecular formula is C12H20NO3S+. The van der Waals surface area contributed by atoms with Crippen LogP contribution in [0.1, 0.15) is 5.56 Å². The van der Waals surface area contributed by atoms with Crippen LogP contribution in [0.3, 0.4) is 0 Å². The number of hydrogen-bond donors (Lipinski definition) is 1. The van der Waals surface area contributed by atoms with E-state index in [4.69, 9.17) is 4.55 Å². The summed E-state index contributed by atoms with van der Waals surface area (Å²) in [5, 5.41) is 0.752. The molecule has 0 aliphatic carbocycles. The molecule has 0 saturated carbocycles. The Morgan fingerprint density at radius 2 is 1.47 bits per heavy atom. The van der Waals surface area contributed by atoms with Crippen LogP contribution in [0.25, 0.3) is 6.08 Å². The molecule has 96 valence electrons. The molecule has 1 aromatic carbocycles. The first-order chi connectivity index (χ1) is 7.58. The fourth-order valence-corrected chi connectivity index (χ4v) is 1.06. The van der Waals surface area contributed by atoms with E-state index in [1.54, 1.807) is 24.3 Å². The van der Waals surface area contributed by atoms with Crippen molar-refractivity contribution in [1.29, 1.82) is 0 Å². The zero-order valence-electron chi connectivity index (χ0n) is 10.7. The molecule has 0 radical (unpaired) electrons. The van der Waals surface area contributed by atoms with Gasteiger partial charge in [-0.3, -0.25) is 4.55 Å². The van der Waals surface area contributed by atoms with Crippen molar-refractivity contribution in [2.24, 2.45) is 0 Å². The number of quaternary nitrogens is 1. The quantitative estimate of drug-likeness (QED) is 0.651. The third-order valence-electron chi connectivity index (χ3n) is 1.23. The van der Waals surface area contributed by atoms with Crippen LogP contribution in [0.2, 0.25) is 0 Å². The van der Waals surface area contributed by atoms with E-state index in [-0.39, 0.29) is 0 Å². The van der Waals surface area contributed by atoms with Gasteiger partial charge in [0.2, 0.25) is 0 Å². The molecule has 0 aliphatic heterocycles. The smallest absolute Gasteiger partial charge is 0.287 e. The molecule has 0 aliphatic rings. The van der Waals surface area contributed by atoms with E-state index in [1.165, 1.54) is 6.08 Å². The van der Waals surface area contributed by atoms with Gasteiger partial charge in [-0.05, 0) is 11.6 Å². The first-order valence-corrected chi connectivity index (χ1v) is 6.58. The van der Waals surface area contributed by atoms with Crippen LogP contribution in [0.4, 0.5) is 0 Å². The molecule has 0 heterocycles. The first kappa shape index (κ1) is 15.8. The lowest BCUT2D eigenvalue weighted by atomic mass is 10.2. The molecule has 0 atom stereocenters. The number of hydrogen-bond acceptors (Lipinski definition) is 2. The Bertz CT molecular complexity index is 438. The van der Waals surface area contributed by atoms with Gasteiger partial charge in [0.05, 0.1) is 33.6 Å². The fourth-order valence-electron chi connectivity index (χ4n) is 0.729. The van der Waals surface area contributed by atoms with Gasteiger partial charge < -0.3 is 4.48 Å². The highest BCUT2D eigenvalue weighted by Gasteiger charge is 1.94. The molecule has 0 bridgehead atoms. The zero-order chi connectivity index (χ0) is 13.5. The Kier molecular flexibility index (Phi) is 6.09. The topological polar surface area (TPSA) is 54.4 Å². The van der Waals surface area contributed by atoms with Gasteiger partial charge in [-0.25, -0.2) is 0 Å². The van der Waals surface area contributed by atoms with Crippen LogP contribution in [0, 0.1) is 0 Å². The molecule has 0 spiro atoms. The van der Waals surface area contributed by atoms with E-state index in [0.29, 0.717) is 0 Å². The zero-order valence-corrected chi connectivity index (χ0v) is 11.5. The summed E-state index contributed by atoms with van der Waals surface area (Å²) in [6.07, 6.45) is 1.33. The van der Waals surface area contributed by atoms with Crippen molar-refractivity contribution in [2.75, 3.05) is 28.2 Å². The van der Waals surface area contributed by atoms with Crippen molar-refractivity contribution in [3.8, 4) is 0 Å². The van der Waals surface area contributed by atoms with Gasteiger partial charge in [-0.1, -0.05) is 30.3 Å². The SMILES string of the molecule is C[N+](C)(C)C.O=S(=O)(O)C=Cc1ccccc1. The van der Waals surface area contributed by atoms with Crippen molar-refractivity contribution in [1.82, 2.24) is 0 Å². The van der Waals surface area contributed by atoms with E-state index in [9.17, 15) is 8.42 Å². The number of nitrogens with zero attached hydrogens (tertiary/aromatic N) is 1. The van der Waals surface area contributed by atoms with Gasteiger partial charge in [0.1, 0.15) is 0 Å². The lowest BCUT2D eigenvalue weighted by Crippen LogP contribution is -2.27. The number of benzene rings is 1. The fraction of sp³-hybridized carbons (Fsp3) is 0.333. The van der Waals surface area contributed by atoms with Crippen LogP contribution in [-0.4, -0.2) is 45.6 Å². The average Bonchev–Trinajstić information content (AvgIpc) is 2.13. The minimum absolute atomic E-state index is 0.732. The highest BCUT2D eigenvalue weighted by molar-refractivity contribution is 7.88. The van der Waals surface area contributed by atoms with Crippen LogP contribution in [0.15, 0.2) is 35.7 Å². The summed E-state index contributed by atoms with van der Waals surface area (Å²) in [5.41, 5.74) is 0.732. The molecule has 0 fully saturated rings. The second kappa shape index (κ2) is 6.54. The summed E-state index contributed by atoms with van der Waals surface area (Å²) < 4.78 is 29.9. The van der Waals surface area contributed by atoms with Gasteiger partial charge in [0.15, 0.2) is 0 Å². The van der Waals surface area contributed by atoms with E-state index in [1.807, 2.05) is 6.07 Å². The Morgan fingerprint density at radius 3 is 1.82 bits per heavy atom. The van der Waals surface area contributed by atoms with Crippen LogP contribution >= 0.6 is 0 Å². The first-order valence-electron chi connectivity index (χ1n) is 5.07. The lowest BCUT2D eigenvalue weighted by Gasteiger charge is -2.14. The standard InChI is InChI=1S/C8H8O3S.C4H12N/c9-12(10,11)7-6-8-4-2-1-3-5-8;1-5(2,3)4/h1-7H,(H,9,10,11);1-4H3/q;+1. The van der Waals surface area contributed by atoms with Gasteiger partial charge in [-0.15, -0.1) is 0 Å². The van der Waals surface area contributed by atoms with Gasteiger partial charge in [0, 0.05) is 0 Å². The van der Waals surface area contributed by atoms with Crippen molar-refractivity contribution in [2.45, 2.75) is 0 Å². The molecule has 17 heavy (non-hydrogen) atoms. The van der Waals surface area contributed by atoms with Crippen LogP contribution in [0.5, 0.6) is 0 Å². The average molecular weight is 258 g/mol. The van der Waals surface area contributed by atoms with Gasteiger partial charge in [0.25, 0.3) is 10.1 Å². The molecule has 0 aromatic heterocycles. The molecule has 1 aromatic rings. The maximum atomic E-state index is 10.3. The predicted octanol–water partition coefficient (Wildman–Crippen LogP) is 1.87. The summed E-state index contributed by atoms with van der Waals surface area (Å²) in [7, 11) is 4.50. The summed E-state index contributed by atoms with van der Waals surface area (Å²) in [6, 6.07) is 8.86. The highest BCUT2D eigenvalue weighted by atomic mass is 32.2. The number of rotatable bonds is 2. The monoisotopic (exact) mass is 258 g/mol. The molecule has 1 rings (SSSR count). The predicted molar refractivity (Wildman–Crippen MR) is 71.0 cm³/mol. The second-order valence-electron chi connectivity index (χ2n) is 4.91. The summed E-state index contributed by atoms with van der Waals surface area (Å²) >= 11 is 0. The molecule has 0 saturated heterocycles. The van der Waals surface area contributed by atoms with Gasteiger partial charge >= 0.3 is 0 Å². The molecule has 5 heteroatoms. The molecule has 0 unspecified atom stereocenters. The summed E-state index contributed by atoms with van der Waals surface area (Å²) in [4.78, 5) is 0. The molecule has 0 amide bonds. The molecular weight excluding hydrogens is 238 g/mol. The minimum Gasteiger partial charge on any atom is -0.333 e. The lowest BCUT2D eigenvalue weighted by molar-refractivity contribution is -0.849. The van der Waals surface area contributed by atoms with E-state index in [0.717, 1.165) is 15.5 Å².